The van der Waals surface area contributed by atoms with Gasteiger partial charge in [0.2, 0.25) is 0 Å². The van der Waals surface area contributed by atoms with Crippen LogP contribution in [0.25, 0.3) is 0 Å². The zero-order valence-corrected chi connectivity index (χ0v) is 16.6. The third-order valence-corrected chi connectivity index (χ3v) is 5.08. The summed E-state index contributed by atoms with van der Waals surface area (Å²) in [6.45, 7) is 5.40. The van der Waals surface area contributed by atoms with Crippen LogP contribution < -0.4 is 10.1 Å². The van der Waals surface area contributed by atoms with Crippen LogP contribution >= 0.6 is 0 Å². The van der Waals surface area contributed by atoms with Gasteiger partial charge in [-0.1, -0.05) is 12.1 Å². The molecule has 0 unspecified atom stereocenters. The molecule has 1 N–H and O–H groups in total. The second-order valence-corrected chi connectivity index (χ2v) is 7.23. The number of nitrogens with zero attached hydrogens (tertiary/aromatic N) is 2. The number of hydrogen-bond donors (Lipinski definition) is 1. The maximum Gasteiger partial charge on any atom is 0.251 e. The number of likely N-dealkylation sites (tertiary alicyclic amines) is 1. The van der Waals surface area contributed by atoms with E-state index in [1.54, 1.807) is 25.6 Å². The SMILES string of the molecule is COC[C@@H](C)N1CCC(Oc2cccc(C(=O)NCc3cccnc3)c2)CC1. The number of ether oxygens (including phenoxy) is 2. The van der Waals surface area contributed by atoms with Crippen molar-refractivity contribution in [3.63, 3.8) is 0 Å². The zero-order valence-electron chi connectivity index (χ0n) is 16.6. The number of nitrogens with one attached hydrogen (secondary N) is 1. The first-order chi connectivity index (χ1) is 13.7. The van der Waals surface area contributed by atoms with Gasteiger partial charge < -0.3 is 14.8 Å². The molecule has 1 aromatic heterocycles. The summed E-state index contributed by atoms with van der Waals surface area (Å²) in [5, 5.41) is 2.92. The second-order valence-electron chi connectivity index (χ2n) is 7.23. The monoisotopic (exact) mass is 383 g/mol. The zero-order chi connectivity index (χ0) is 19.8. The molecule has 3 rings (SSSR count). The van der Waals surface area contributed by atoms with Crippen LogP contribution in [-0.4, -0.2) is 54.7 Å². The van der Waals surface area contributed by atoms with E-state index in [1.807, 2.05) is 30.3 Å². The van der Waals surface area contributed by atoms with Crippen molar-refractivity contribution in [3.8, 4) is 5.75 Å². The molecule has 0 saturated carbocycles. The van der Waals surface area contributed by atoms with Crippen LogP contribution in [0.2, 0.25) is 0 Å². The van der Waals surface area contributed by atoms with E-state index < -0.39 is 0 Å². The van der Waals surface area contributed by atoms with Gasteiger partial charge in [0.1, 0.15) is 11.9 Å². The minimum Gasteiger partial charge on any atom is -0.490 e. The van der Waals surface area contributed by atoms with Gasteiger partial charge in [-0.15, -0.1) is 0 Å². The van der Waals surface area contributed by atoms with Gasteiger partial charge in [0.25, 0.3) is 5.91 Å². The summed E-state index contributed by atoms with van der Waals surface area (Å²) in [5.41, 5.74) is 1.57. The molecule has 0 bridgehead atoms. The first-order valence-electron chi connectivity index (χ1n) is 9.82. The summed E-state index contributed by atoms with van der Waals surface area (Å²) in [6.07, 6.45) is 5.60. The number of aromatic nitrogens is 1. The fourth-order valence-electron chi connectivity index (χ4n) is 3.47. The van der Waals surface area contributed by atoms with Crippen molar-refractivity contribution in [2.75, 3.05) is 26.8 Å². The molecule has 150 valence electrons. The summed E-state index contributed by atoms with van der Waals surface area (Å²) in [4.78, 5) is 18.9. The standard InChI is InChI=1S/C22H29N3O3/c1-17(16-27-2)25-11-8-20(9-12-25)28-21-7-3-6-19(13-21)22(26)24-15-18-5-4-10-23-14-18/h3-7,10,13-14,17,20H,8-9,11-12,15-16H2,1-2H3,(H,24,26)/t17-/m1/s1. The van der Waals surface area contributed by atoms with Gasteiger partial charge in [0.15, 0.2) is 0 Å². The van der Waals surface area contributed by atoms with Gasteiger partial charge >= 0.3 is 0 Å². The minimum absolute atomic E-state index is 0.113. The Morgan fingerprint density at radius 3 is 2.82 bits per heavy atom. The highest BCUT2D eigenvalue weighted by molar-refractivity contribution is 5.94. The molecule has 1 aliphatic rings. The molecular formula is C22H29N3O3. The van der Waals surface area contributed by atoms with Crippen molar-refractivity contribution in [2.24, 2.45) is 0 Å². The number of carbonyl (C=O) groups excluding carboxylic acids is 1. The van der Waals surface area contributed by atoms with E-state index in [4.69, 9.17) is 9.47 Å². The molecule has 28 heavy (non-hydrogen) atoms. The highest BCUT2D eigenvalue weighted by Gasteiger charge is 2.23. The van der Waals surface area contributed by atoms with E-state index in [0.717, 1.165) is 43.9 Å². The van der Waals surface area contributed by atoms with Gasteiger partial charge in [-0.2, -0.15) is 0 Å². The molecule has 1 atom stereocenters. The van der Waals surface area contributed by atoms with Crippen molar-refractivity contribution in [1.82, 2.24) is 15.2 Å². The lowest BCUT2D eigenvalue weighted by atomic mass is 10.1. The lowest BCUT2D eigenvalue weighted by molar-refractivity contribution is 0.0474. The lowest BCUT2D eigenvalue weighted by Crippen LogP contribution is -2.44. The number of pyridine rings is 1. The van der Waals surface area contributed by atoms with Crippen LogP contribution in [0, 0.1) is 0 Å². The summed E-state index contributed by atoms with van der Waals surface area (Å²) in [5.74, 6) is 0.634. The van der Waals surface area contributed by atoms with Crippen LogP contribution in [0.15, 0.2) is 48.8 Å². The third-order valence-electron chi connectivity index (χ3n) is 5.08. The fraction of sp³-hybridized carbons (Fsp3) is 0.455. The third kappa shape index (κ3) is 5.78. The van der Waals surface area contributed by atoms with Crippen LogP contribution in [0.3, 0.4) is 0 Å². The van der Waals surface area contributed by atoms with Gasteiger partial charge in [0, 0.05) is 50.7 Å². The first-order valence-corrected chi connectivity index (χ1v) is 9.82. The van der Waals surface area contributed by atoms with Crippen molar-refractivity contribution < 1.29 is 14.3 Å². The smallest absolute Gasteiger partial charge is 0.251 e. The van der Waals surface area contributed by atoms with E-state index >= 15 is 0 Å². The minimum atomic E-state index is -0.113. The highest BCUT2D eigenvalue weighted by atomic mass is 16.5. The van der Waals surface area contributed by atoms with E-state index in [1.165, 1.54) is 0 Å². The Labute approximate surface area is 166 Å². The Kier molecular flexibility index (Phi) is 7.39. The van der Waals surface area contributed by atoms with Crippen LogP contribution in [-0.2, 0) is 11.3 Å². The molecular weight excluding hydrogens is 354 g/mol. The number of rotatable bonds is 8. The van der Waals surface area contributed by atoms with Crippen molar-refractivity contribution >= 4 is 5.91 Å². The van der Waals surface area contributed by atoms with E-state index in [9.17, 15) is 4.79 Å². The van der Waals surface area contributed by atoms with Crippen molar-refractivity contribution in [2.45, 2.75) is 38.5 Å². The maximum absolute atomic E-state index is 12.4. The topological polar surface area (TPSA) is 63.7 Å². The molecule has 2 aromatic rings. The molecule has 1 aliphatic heterocycles. The quantitative estimate of drug-likeness (QED) is 0.759. The molecule has 0 radical (unpaired) electrons. The van der Waals surface area contributed by atoms with E-state index in [-0.39, 0.29) is 12.0 Å². The molecule has 6 heteroatoms. The number of amides is 1. The molecule has 0 aliphatic carbocycles. The van der Waals surface area contributed by atoms with Crippen LogP contribution in [0.5, 0.6) is 5.75 Å². The molecule has 2 heterocycles. The molecule has 1 amide bonds. The predicted molar refractivity (Wildman–Crippen MR) is 108 cm³/mol. The average Bonchev–Trinajstić information content (AvgIpc) is 2.73. The molecule has 6 nitrogen and oxygen atoms in total. The van der Waals surface area contributed by atoms with Gasteiger partial charge in [-0.25, -0.2) is 0 Å². The maximum atomic E-state index is 12.4. The lowest BCUT2D eigenvalue weighted by Gasteiger charge is -2.35. The Balaban J connectivity index is 1.50. The Morgan fingerprint density at radius 1 is 1.29 bits per heavy atom. The summed E-state index contributed by atoms with van der Waals surface area (Å²) < 4.78 is 11.4. The van der Waals surface area contributed by atoms with Crippen molar-refractivity contribution in [1.29, 1.82) is 0 Å². The Bertz CT molecular complexity index is 746. The summed E-state index contributed by atoms with van der Waals surface area (Å²) in [7, 11) is 1.74. The van der Waals surface area contributed by atoms with E-state index in [0.29, 0.717) is 18.2 Å². The Morgan fingerprint density at radius 2 is 2.11 bits per heavy atom. The second kappa shape index (κ2) is 10.2. The molecule has 0 spiro atoms. The van der Waals surface area contributed by atoms with Crippen molar-refractivity contribution in [3.05, 3.63) is 59.9 Å². The normalized spacial score (nSPS) is 16.5. The largest absolute Gasteiger partial charge is 0.490 e. The highest BCUT2D eigenvalue weighted by Crippen LogP contribution is 2.21. The average molecular weight is 383 g/mol. The molecule has 1 aromatic carbocycles. The number of methoxy groups -OCH3 is 1. The van der Waals surface area contributed by atoms with Gasteiger partial charge in [0.05, 0.1) is 6.61 Å². The summed E-state index contributed by atoms with van der Waals surface area (Å²) in [6, 6.07) is 11.6. The van der Waals surface area contributed by atoms with Crippen LogP contribution in [0.1, 0.15) is 35.7 Å². The number of piperidine rings is 1. The summed E-state index contributed by atoms with van der Waals surface area (Å²) >= 11 is 0. The number of benzene rings is 1. The van der Waals surface area contributed by atoms with E-state index in [2.05, 4.69) is 22.1 Å². The van der Waals surface area contributed by atoms with Gasteiger partial charge in [-0.05, 0) is 49.6 Å². The fourth-order valence-corrected chi connectivity index (χ4v) is 3.47. The van der Waals surface area contributed by atoms with Gasteiger partial charge in [-0.3, -0.25) is 14.7 Å². The molecule has 1 fully saturated rings. The molecule has 1 saturated heterocycles. The predicted octanol–water partition coefficient (Wildman–Crippen LogP) is 2.89. The van der Waals surface area contributed by atoms with Crippen LogP contribution in [0.4, 0.5) is 0 Å². The number of carbonyl (C=O) groups is 1. The number of hydrogen-bond acceptors (Lipinski definition) is 5. The first kappa shape index (κ1) is 20.3. The Hall–Kier alpha value is -2.44.